The van der Waals surface area contributed by atoms with E-state index < -0.39 is 0 Å². The number of rotatable bonds is 4. The van der Waals surface area contributed by atoms with Crippen molar-refractivity contribution in [1.29, 1.82) is 0 Å². The van der Waals surface area contributed by atoms with E-state index in [0.717, 1.165) is 18.0 Å². The molecule has 0 amide bonds. The van der Waals surface area contributed by atoms with Crippen LogP contribution in [0.25, 0.3) is 0 Å². The Morgan fingerprint density at radius 1 is 1.32 bits per heavy atom. The van der Waals surface area contributed by atoms with Crippen LogP contribution in [0.2, 0.25) is 5.02 Å². The van der Waals surface area contributed by atoms with Crippen LogP contribution in [0.1, 0.15) is 22.9 Å². The number of nitrogens with one attached hydrogen (secondary N) is 1. The standard InChI is InChI=1S/C15H16ClNS2/c16-11-3-4-15-13(10-11)14(6-9-19-15)17-7-5-12-2-1-8-18-12/h1-4,8,10,14,17H,5-7,9H2. The second kappa shape index (κ2) is 6.31. The monoisotopic (exact) mass is 309 g/mol. The lowest BCUT2D eigenvalue weighted by Gasteiger charge is -2.26. The fourth-order valence-corrected chi connectivity index (χ4v) is 4.40. The first-order valence-electron chi connectivity index (χ1n) is 6.51. The van der Waals surface area contributed by atoms with Gasteiger partial charge in [0.05, 0.1) is 0 Å². The predicted octanol–water partition coefficient (Wildman–Crippen LogP) is 4.77. The summed E-state index contributed by atoms with van der Waals surface area (Å²) >= 11 is 9.89. The number of hydrogen-bond acceptors (Lipinski definition) is 3. The molecule has 1 aromatic carbocycles. The first-order valence-corrected chi connectivity index (χ1v) is 8.75. The molecule has 0 bridgehead atoms. The molecule has 1 aliphatic heterocycles. The average Bonchev–Trinajstić information content (AvgIpc) is 2.92. The molecule has 0 aliphatic carbocycles. The van der Waals surface area contributed by atoms with Gasteiger partial charge in [-0.2, -0.15) is 0 Å². The van der Waals surface area contributed by atoms with Crippen LogP contribution in [0.4, 0.5) is 0 Å². The number of fused-ring (bicyclic) bond motifs is 1. The highest BCUT2D eigenvalue weighted by Crippen LogP contribution is 2.37. The van der Waals surface area contributed by atoms with Gasteiger partial charge in [-0.05, 0) is 53.8 Å². The van der Waals surface area contributed by atoms with Crippen LogP contribution in [0.3, 0.4) is 0 Å². The van der Waals surface area contributed by atoms with Crippen LogP contribution < -0.4 is 5.32 Å². The maximum absolute atomic E-state index is 6.12. The summed E-state index contributed by atoms with van der Waals surface area (Å²) in [7, 11) is 0. The molecule has 100 valence electrons. The predicted molar refractivity (Wildman–Crippen MR) is 85.6 cm³/mol. The molecule has 0 radical (unpaired) electrons. The zero-order chi connectivity index (χ0) is 13.1. The van der Waals surface area contributed by atoms with Gasteiger partial charge < -0.3 is 5.32 Å². The van der Waals surface area contributed by atoms with Crippen molar-refractivity contribution in [3.8, 4) is 0 Å². The van der Waals surface area contributed by atoms with E-state index in [0.29, 0.717) is 6.04 Å². The van der Waals surface area contributed by atoms with Crippen LogP contribution in [-0.2, 0) is 6.42 Å². The van der Waals surface area contributed by atoms with Crippen molar-refractivity contribution < 1.29 is 0 Å². The van der Waals surface area contributed by atoms with Gasteiger partial charge in [-0.3, -0.25) is 0 Å². The van der Waals surface area contributed by atoms with Gasteiger partial charge in [0.1, 0.15) is 0 Å². The van der Waals surface area contributed by atoms with Crippen molar-refractivity contribution in [2.24, 2.45) is 0 Å². The Labute approximate surface area is 127 Å². The molecule has 1 atom stereocenters. The van der Waals surface area contributed by atoms with E-state index in [9.17, 15) is 0 Å². The molecule has 1 aromatic heterocycles. The molecule has 1 unspecified atom stereocenters. The molecule has 19 heavy (non-hydrogen) atoms. The van der Waals surface area contributed by atoms with Gasteiger partial charge in [0, 0.05) is 27.4 Å². The quantitative estimate of drug-likeness (QED) is 0.873. The summed E-state index contributed by atoms with van der Waals surface area (Å²) in [6.07, 6.45) is 2.29. The number of thiophene rings is 1. The van der Waals surface area contributed by atoms with E-state index in [1.165, 1.54) is 27.5 Å². The van der Waals surface area contributed by atoms with Crippen molar-refractivity contribution in [3.05, 3.63) is 51.2 Å². The molecule has 0 saturated carbocycles. The SMILES string of the molecule is Clc1ccc2c(c1)C(NCCc1cccs1)CCS2. The van der Waals surface area contributed by atoms with E-state index in [2.05, 4.69) is 35.0 Å². The largest absolute Gasteiger partial charge is 0.310 e. The molecular formula is C15H16ClNS2. The Bertz CT molecular complexity index is 539. The first kappa shape index (κ1) is 13.5. The minimum Gasteiger partial charge on any atom is -0.310 e. The molecule has 1 nitrogen and oxygen atoms in total. The van der Waals surface area contributed by atoms with Gasteiger partial charge in [0.2, 0.25) is 0 Å². The first-order chi connectivity index (χ1) is 9.33. The second-order valence-electron chi connectivity index (χ2n) is 4.66. The van der Waals surface area contributed by atoms with E-state index in [-0.39, 0.29) is 0 Å². The maximum atomic E-state index is 6.12. The third-order valence-electron chi connectivity index (χ3n) is 3.35. The van der Waals surface area contributed by atoms with Crippen LogP contribution in [0, 0.1) is 0 Å². The topological polar surface area (TPSA) is 12.0 Å². The minimum atomic E-state index is 0.454. The molecule has 1 N–H and O–H groups in total. The summed E-state index contributed by atoms with van der Waals surface area (Å²) in [5.41, 5.74) is 1.37. The maximum Gasteiger partial charge on any atom is 0.0410 e. The van der Waals surface area contributed by atoms with Crippen LogP contribution in [0.15, 0.2) is 40.6 Å². The summed E-state index contributed by atoms with van der Waals surface area (Å²) in [5, 5.41) is 6.66. The van der Waals surface area contributed by atoms with Gasteiger partial charge >= 0.3 is 0 Å². The lowest BCUT2D eigenvalue weighted by Crippen LogP contribution is -2.26. The molecule has 0 fully saturated rings. The summed E-state index contributed by atoms with van der Waals surface area (Å²) in [5.74, 6) is 1.19. The zero-order valence-corrected chi connectivity index (χ0v) is 13.0. The van der Waals surface area contributed by atoms with Crippen LogP contribution in [0.5, 0.6) is 0 Å². The van der Waals surface area contributed by atoms with Gasteiger partial charge in [0.25, 0.3) is 0 Å². The summed E-state index contributed by atoms with van der Waals surface area (Å²) < 4.78 is 0. The summed E-state index contributed by atoms with van der Waals surface area (Å²) in [6, 6.07) is 11.0. The number of benzene rings is 1. The molecule has 4 heteroatoms. The molecular weight excluding hydrogens is 294 g/mol. The Hall–Kier alpha value is -0.480. The van der Waals surface area contributed by atoms with Gasteiger partial charge in [0.15, 0.2) is 0 Å². The average molecular weight is 310 g/mol. The Morgan fingerprint density at radius 2 is 2.26 bits per heavy atom. The second-order valence-corrected chi connectivity index (χ2v) is 7.26. The summed E-state index contributed by atoms with van der Waals surface area (Å²) in [4.78, 5) is 2.83. The van der Waals surface area contributed by atoms with E-state index in [4.69, 9.17) is 11.6 Å². The van der Waals surface area contributed by atoms with Gasteiger partial charge in [-0.25, -0.2) is 0 Å². The zero-order valence-electron chi connectivity index (χ0n) is 10.6. The normalized spacial score (nSPS) is 18.3. The number of thioether (sulfide) groups is 1. The van der Waals surface area contributed by atoms with Gasteiger partial charge in [-0.1, -0.05) is 17.7 Å². The molecule has 1 aliphatic rings. The highest BCUT2D eigenvalue weighted by atomic mass is 35.5. The van der Waals surface area contributed by atoms with Crippen molar-refractivity contribution >= 4 is 34.7 Å². The number of hydrogen-bond donors (Lipinski definition) is 1. The Morgan fingerprint density at radius 3 is 3.11 bits per heavy atom. The van der Waals surface area contributed by atoms with Crippen LogP contribution >= 0.6 is 34.7 Å². The van der Waals surface area contributed by atoms with E-state index in [1.54, 1.807) is 0 Å². The smallest absolute Gasteiger partial charge is 0.0410 e. The van der Waals surface area contributed by atoms with E-state index >= 15 is 0 Å². The van der Waals surface area contributed by atoms with Crippen LogP contribution in [-0.4, -0.2) is 12.3 Å². The van der Waals surface area contributed by atoms with Crippen molar-refractivity contribution in [2.75, 3.05) is 12.3 Å². The Balaban J connectivity index is 1.64. The third-order valence-corrected chi connectivity index (χ3v) is 5.65. The molecule has 2 aromatic rings. The summed E-state index contributed by atoms with van der Waals surface area (Å²) in [6.45, 7) is 1.03. The van der Waals surface area contributed by atoms with Crippen molar-refractivity contribution in [2.45, 2.75) is 23.8 Å². The molecule has 3 rings (SSSR count). The fourth-order valence-electron chi connectivity index (χ4n) is 2.40. The fraction of sp³-hybridized carbons (Fsp3) is 0.333. The van der Waals surface area contributed by atoms with Crippen molar-refractivity contribution in [1.82, 2.24) is 5.32 Å². The third kappa shape index (κ3) is 3.34. The van der Waals surface area contributed by atoms with Gasteiger partial charge in [-0.15, -0.1) is 23.1 Å². The van der Waals surface area contributed by atoms with Crippen molar-refractivity contribution in [3.63, 3.8) is 0 Å². The highest BCUT2D eigenvalue weighted by molar-refractivity contribution is 7.99. The lowest BCUT2D eigenvalue weighted by atomic mass is 10.0. The minimum absolute atomic E-state index is 0.454. The lowest BCUT2D eigenvalue weighted by molar-refractivity contribution is 0.515. The highest BCUT2D eigenvalue weighted by Gasteiger charge is 2.20. The Kier molecular flexibility index (Phi) is 4.49. The molecule has 2 heterocycles. The molecule has 0 saturated heterocycles. The molecule has 0 spiro atoms. The number of halogens is 1. The van der Waals surface area contributed by atoms with E-state index in [1.807, 2.05) is 29.2 Å².